The predicted molar refractivity (Wildman–Crippen MR) is 79.7 cm³/mol. The fourth-order valence-electron chi connectivity index (χ4n) is 2.16. The van der Waals surface area contributed by atoms with Crippen LogP contribution in [0, 0.1) is 5.92 Å². The quantitative estimate of drug-likeness (QED) is 0.793. The lowest BCUT2D eigenvalue weighted by Crippen LogP contribution is -2.42. The lowest BCUT2D eigenvalue weighted by atomic mass is 9.96. The molecule has 1 amide bonds. The van der Waals surface area contributed by atoms with Gasteiger partial charge in [-0.2, -0.15) is 0 Å². The Labute approximate surface area is 116 Å². The van der Waals surface area contributed by atoms with E-state index >= 15 is 0 Å². The molecule has 0 aromatic heterocycles. The van der Waals surface area contributed by atoms with Crippen molar-refractivity contribution in [1.82, 2.24) is 5.32 Å². The van der Waals surface area contributed by atoms with Crippen LogP contribution in [0.4, 0.5) is 0 Å². The highest BCUT2D eigenvalue weighted by Crippen LogP contribution is 2.21. The van der Waals surface area contributed by atoms with Gasteiger partial charge in [0.25, 0.3) is 0 Å². The van der Waals surface area contributed by atoms with Crippen LogP contribution in [0.15, 0.2) is 30.3 Å². The second-order valence-corrected chi connectivity index (χ2v) is 5.50. The Morgan fingerprint density at radius 1 is 1.26 bits per heavy atom. The number of amides is 1. The van der Waals surface area contributed by atoms with Crippen LogP contribution in [0.2, 0.25) is 0 Å². The zero-order valence-electron chi connectivity index (χ0n) is 12.2. The van der Waals surface area contributed by atoms with Gasteiger partial charge in [-0.05, 0) is 24.3 Å². The molecule has 0 aliphatic rings. The van der Waals surface area contributed by atoms with Crippen LogP contribution in [0.3, 0.4) is 0 Å². The molecule has 0 aliphatic heterocycles. The summed E-state index contributed by atoms with van der Waals surface area (Å²) >= 11 is 0. The Hall–Kier alpha value is -1.35. The first-order chi connectivity index (χ1) is 9.04. The third kappa shape index (κ3) is 5.43. The molecule has 0 spiro atoms. The third-order valence-corrected chi connectivity index (χ3v) is 3.16. The van der Waals surface area contributed by atoms with Crippen molar-refractivity contribution < 1.29 is 4.79 Å². The third-order valence-electron chi connectivity index (χ3n) is 3.16. The summed E-state index contributed by atoms with van der Waals surface area (Å²) in [7, 11) is 0. The highest BCUT2D eigenvalue weighted by Gasteiger charge is 2.19. The molecule has 0 saturated carbocycles. The maximum atomic E-state index is 12.1. The largest absolute Gasteiger partial charge is 0.348 e. The zero-order chi connectivity index (χ0) is 14.3. The summed E-state index contributed by atoms with van der Waals surface area (Å²) in [4.78, 5) is 12.1. The van der Waals surface area contributed by atoms with E-state index in [2.05, 4.69) is 31.3 Å². The second kappa shape index (κ2) is 7.95. The Morgan fingerprint density at radius 3 is 2.42 bits per heavy atom. The number of carbonyl (C=O) groups is 1. The van der Waals surface area contributed by atoms with E-state index in [1.807, 2.05) is 25.1 Å². The maximum Gasteiger partial charge on any atom is 0.237 e. The molecule has 0 heterocycles. The molecular weight excluding hydrogens is 236 g/mol. The molecular formula is C16H26N2O. The highest BCUT2D eigenvalue weighted by molar-refractivity contribution is 5.81. The van der Waals surface area contributed by atoms with Gasteiger partial charge in [0.1, 0.15) is 0 Å². The molecule has 19 heavy (non-hydrogen) atoms. The smallest absolute Gasteiger partial charge is 0.237 e. The summed E-state index contributed by atoms with van der Waals surface area (Å²) in [6.45, 7) is 6.36. The molecule has 3 N–H and O–H groups in total. The molecule has 2 atom stereocenters. The Balaban J connectivity index is 2.73. The molecule has 1 unspecified atom stereocenters. The molecule has 1 aromatic carbocycles. The van der Waals surface area contributed by atoms with E-state index in [1.54, 1.807) is 0 Å². The Morgan fingerprint density at radius 2 is 1.89 bits per heavy atom. The van der Waals surface area contributed by atoms with E-state index in [-0.39, 0.29) is 11.9 Å². The van der Waals surface area contributed by atoms with E-state index in [0.29, 0.717) is 5.92 Å². The van der Waals surface area contributed by atoms with Gasteiger partial charge in [0.15, 0.2) is 0 Å². The molecule has 0 saturated heterocycles. The average molecular weight is 262 g/mol. The van der Waals surface area contributed by atoms with Crippen molar-refractivity contribution in [3.8, 4) is 0 Å². The number of nitrogens with two attached hydrogens (primary N) is 1. The Kier molecular flexibility index (Phi) is 6.57. The first-order valence-electron chi connectivity index (χ1n) is 7.15. The van der Waals surface area contributed by atoms with Crippen LogP contribution in [0.5, 0.6) is 0 Å². The molecule has 3 nitrogen and oxygen atoms in total. The van der Waals surface area contributed by atoms with Crippen molar-refractivity contribution >= 4 is 5.91 Å². The lowest BCUT2D eigenvalue weighted by molar-refractivity contribution is -0.123. The Bertz CT molecular complexity index is 376. The topological polar surface area (TPSA) is 55.1 Å². The van der Waals surface area contributed by atoms with Gasteiger partial charge in [0, 0.05) is 0 Å². The maximum absolute atomic E-state index is 12.1. The van der Waals surface area contributed by atoms with Gasteiger partial charge >= 0.3 is 0 Å². The fraction of sp³-hybridized carbons (Fsp3) is 0.562. The summed E-state index contributed by atoms with van der Waals surface area (Å²) in [5, 5.41) is 3.09. The van der Waals surface area contributed by atoms with Crippen molar-refractivity contribution in [2.75, 3.05) is 0 Å². The van der Waals surface area contributed by atoms with Crippen LogP contribution in [0.1, 0.15) is 51.6 Å². The number of nitrogens with one attached hydrogen (secondary N) is 1. The van der Waals surface area contributed by atoms with E-state index in [9.17, 15) is 4.79 Å². The van der Waals surface area contributed by atoms with Crippen LogP contribution in [-0.2, 0) is 4.79 Å². The van der Waals surface area contributed by atoms with Crippen LogP contribution >= 0.6 is 0 Å². The average Bonchev–Trinajstić information content (AvgIpc) is 2.38. The summed E-state index contributed by atoms with van der Waals surface area (Å²) in [5.74, 6) is 0.476. The monoisotopic (exact) mass is 262 g/mol. The van der Waals surface area contributed by atoms with Crippen LogP contribution in [0.25, 0.3) is 0 Å². The molecule has 3 heteroatoms. The van der Waals surface area contributed by atoms with Gasteiger partial charge in [-0.25, -0.2) is 0 Å². The van der Waals surface area contributed by atoms with Crippen molar-refractivity contribution in [3.63, 3.8) is 0 Å². The van der Waals surface area contributed by atoms with E-state index < -0.39 is 6.04 Å². The van der Waals surface area contributed by atoms with E-state index in [0.717, 1.165) is 24.8 Å². The van der Waals surface area contributed by atoms with Crippen molar-refractivity contribution in [3.05, 3.63) is 35.9 Å². The number of rotatable bonds is 7. The van der Waals surface area contributed by atoms with Gasteiger partial charge in [0.05, 0.1) is 12.1 Å². The molecule has 0 radical (unpaired) electrons. The minimum atomic E-state index is -0.400. The van der Waals surface area contributed by atoms with Gasteiger partial charge in [-0.15, -0.1) is 0 Å². The minimum Gasteiger partial charge on any atom is -0.348 e. The number of hydrogen-bond donors (Lipinski definition) is 2. The first kappa shape index (κ1) is 15.7. The standard InChI is InChI=1S/C16H26N2O/c1-4-8-14(17)16(19)18-15(11-12(2)3)13-9-6-5-7-10-13/h5-7,9-10,12,14-15H,4,8,11,17H2,1-3H3,(H,18,19)/t14-,15?/m1/s1. The predicted octanol–water partition coefficient (Wildman–Crippen LogP) is 3.02. The number of benzene rings is 1. The number of hydrogen-bond acceptors (Lipinski definition) is 2. The summed E-state index contributed by atoms with van der Waals surface area (Å²) in [6.07, 6.45) is 2.58. The molecule has 0 fully saturated rings. The van der Waals surface area contributed by atoms with Gasteiger partial charge in [-0.1, -0.05) is 57.5 Å². The van der Waals surface area contributed by atoms with Gasteiger partial charge in [0.2, 0.25) is 5.91 Å². The highest BCUT2D eigenvalue weighted by atomic mass is 16.2. The molecule has 0 aliphatic carbocycles. The summed E-state index contributed by atoms with van der Waals surface area (Å²) in [5.41, 5.74) is 7.02. The van der Waals surface area contributed by atoms with Crippen LogP contribution in [-0.4, -0.2) is 11.9 Å². The summed E-state index contributed by atoms with van der Waals surface area (Å²) in [6, 6.07) is 9.75. The second-order valence-electron chi connectivity index (χ2n) is 5.50. The lowest BCUT2D eigenvalue weighted by Gasteiger charge is -2.23. The zero-order valence-corrected chi connectivity index (χ0v) is 12.2. The van der Waals surface area contributed by atoms with Gasteiger partial charge < -0.3 is 11.1 Å². The molecule has 1 rings (SSSR count). The van der Waals surface area contributed by atoms with Gasteiger partial charge in [-0.3, -0.25) is 4.79 Å². The van der Waals surface area contributed by atoms with Crippen molar-refractivity contribution in [1.29, 1.82) is 0 Å². The summed E-state index contributed by atoms with van der Waals surface area (Å²) < 4.78 is 0. The van der Waals surface area contributed by atoms with E-state index in [1.165, 1.54) is 0 Å². The first-order valence-corrected chi connectivity index (χ1v) is 7.15. The molecule has 1 aromatic rings. The van der Waals surface area contributed by atoms with E-state index in [4.69, 9.17) is 5.73 Å². The SMILES string of the molecule is CCC[C@@H](N)C(=O)NC(CC(C)C)c1ccccc1. The fourth-order valence-corrected chi connectivity index (χ4v) is 2.16. The number of carbonyl (C=O) groups excluding carboxylic acids is 1. The minimum absolute atomic E-state index is 0.0450. The van der Waals surface area contributed by atoms with Crippen LogP contribution < -0.4 is 11.1 Å². The molecule has 0 bridgehead atoms. The molecule has 106 valence electrons. The van der Waals surface area contributed by atoms with Crippen molar-refractivity contribution in [2.24, 2.45) is 11.7 Å². The normalized spacial score (nSPS) is 14.2. The van der Waals surface area contributed by atoms with Crippen molar-refractivity contribution in [2.45, 2.75) is 52.1 Å².